The molecule has 0 radical (unpaired) electrons. The highest BCUT2D eigenvalue weighted by molar-refractivity contribution is 5.00. The molecule has 3 N–H and O–H groups in total. The molecule has 2 aliphatic rings. The highest BCUT2D eigenvalue weighted by Gasteiger charge is 2.43. The van der Waals surface area contributed by atoms with E-state index >= 15 is 0 Å². The van der Waals surface area contributed by atoms with Gasteiger partial charge in [0.1, 0.15) is 0 Å². The summed E-state index contributed by atoms with van der Waals surface area (Å²) in [6, 6.07) is 0. The summed E-state index contributed by atoms with van der Waals surface area (Å²) in [5, 5.41) is 9.39. The predicted octanol–water partition coefficient (Wildman–Crippen LogP) is 0.674. The summed E-state index contributed by atoms with van der Waals surface area (Å²) in [6.45, 7) is 4.42. The van der Waals surface area contributed by atoms with Crippen molar-refractivity contribution in [3.8, 4) is 0 Å². The molecule has 0 aromatic rings. The number of nitrogens with zero attached hydrogens (tertiary/aromatic N) is 1. The fraction of sp³-hybridized carbons (Fsp3) is 1.00. The number of nitrogens with two attached hydrogens (primary N) is 1. The van der Waals surface area contributed by atoms with Gasteiger partial charge in [0.25, 0.3) is 0 Å². The van der Waals surface area contributed by atoms with E-state index in [1.54, 1.807) is 0 Å². The van der Waals surface area contributed by atoms with E-state index in [0.717, 1.165) is 24.9 Å². The minimum absolute atomic E-state index is 0.127. The Kier molecular flexibility index (Phi) is 3.06. The van der Waals surface area contributed by atoms with Crippen LogP contribution in [-0.4, -0.2) is 42.3 Å². The molecule has 3 unspecified atom stereocenters. The second-order valence-electron chi connectivity index (χ2n) is 5.84. The van der Waals surface area contributed by atoms with E-state index < -0.39 is 0 Å². The van der Waals surface area contributed by atoms with E-state index in [9.17, 15) is 5.11 Å². The van der Waals surface area contributed by atoms with Crippen LogP contribution in [0.15, 0.2) is 0 Å². The SMILES string of the molecule is CC1CC1CN(C)CC(N)(CO)C1CC1. The Morgan fingerprint density at radius 1 is 1.47 bits per heavy atom. The van der Waals surface area contributed by atoms with Gasteiger partial charge in [0, 0.05) is 13.1 Å². The van der Waals surface area contributed by atoms with Crippen LogP contribution in [0, 0.1) is 17.8 Å². The monoisotopic (exact) mass is 212 g/mol. The first-order chi connectivity index (χ1) is 7.05. The smallest absolute Gasteiger partial charge is 0.0626 e. The van der Waals surface area contributed by atoms with Gasteiger partial charge in [-0.1, -0.05) is 6.92 Å². The number of hydrogen-bond donors (Lipinski definition) is 2. The van der Waals surface area contributed by atoms with Gasteiger partial charge in [-0.05, 0) is 44.1 Å². The maximum Gasteiger partial charge on any atom is 0.0626 e. The highest BCUT2D eigenvalue weighted by atomic mass is 16.3. The Balaban J connectivity index is 1.78. The summed E-state index contributed by atoms with van der Waals surface area (Å²) in [6.07, 6.45) is 3.76. The molecule has 15 heavy (non-hydrogen) atoms. The van der Waals surface area contributed by atoms with Gasteiger partial charge in [0.05, 0.1) is 12.1 Å². The van der Waals surface area contributed by atoms with Crippen molar-refractivity contribution in [2.75, 3.05) is 26.7 Å². The summed E-state index contributed by atoms with van der Waals surface area (Å²) in [4.78, 5) is 2.31. The lowest BCUT2D eigenvalue weighted by atomic mass is 9.95. The molecule has 0 saturated heterocycles. The van der Waals surface area contributed by atoms with Crippen molar-refractivity contribution < 1.29 is 5.11 Å². The van der Waals surface area contributed by atoms with E-state index in [-0.39, 0.29) is 12.1 Å². The molecule has 0 heterocycles. The lowest BCUT2D eigenvalue weighted by Gasteiger charge is -2.32. The molecule has 0 aromatic heterocycles. The third-order valence-corrected chi connectivity index (χ3v) is 4.07. The lowest BCUT2D eigenvalue weighted by molar-refractivity contribution is 0.130. The summed E-state index contributed by atoms with van der Waals surface area (Å²) < 4.78 is 0. The molecule has 3 heteroatoms. The molecule has 0 spiro atoms. The lowest BCUT2D eigenvalue weighted by Crippen LogP contribution is -2.54. The Hall–Kier alpha value is -0.120. The molecule has 2 saturated carbocycles. The van der Waals surface area contributed by atoms with Crippen molar-refractivity contribution in [2.24, 2.45) is 23.5 Å². The number of hydrogen-bond acceptors (Lipinski definition) is 3. The average molecular weight is 212 g/mol. The summed E-state index contributed by atoms with van der Waals surface area (Å²) in [7, 11) is 2.13. The molecule has 3 nitrogen and oxygen atoms in total. The van der Waals surface area contributed by atoms with Crippen LogP contribution in [0.25, 0.3) is 0 Å². The van der Waals surface area contributed by atoms with Crippen LogP contribution in [-0.2, 0) is 0 Å². The first kappa shape index (κ1) is 11.4. The maximum atomic E-state index is 9.39. The minimum atomic E-state index is -0.340. The standard InChI is InChI=1S/C12H24N2O/c1-9-5-10(9)6-14(2)7-12(13,8-15)11-3-4-11/h9-11,15H,3-8,13H2,1-2H3. The van der Waals surface area contributed by atoms with Gasteiger partial charge < -0.3 is 15.7 Å². The second kappa shape index (κ2) is 4.04. The van der Waals surface area contributed by atoms with Gasteiger partial charge in [0.2, 0.25) is 0 Å². The third kappa shape index (κ3) is 2.71. The molecule has 88 valence electrons. The van der Waals surface area contributed by atoms with Gasteiger partial charge in [0.15, 0.2) is 0 Å². The van der Waals surface area contributed by atoms with Crippen LogP contribution in [0.2, 0.25) is 0 Å². The molecule has 2 rings (SSSR count). The van der Waals surface area contributed by atoms with Crippen molar-refractivity contribution in [2.45, 2.75) is 31.7 Å². The number of rotatable bonds is 6. The zero-order valence-corrected chi connectivity index (χ0v) is 9.95. The van der Waals surface area contributed by atoms with Gasteiger partial charge >= 0.3 is 0 Å². The first-order valence-electron chi connectivity index (χ1n) is 6.13. The molecule has 2 aliphatic carbocycles. The molecule has 0 bridgehead atoms. The fourth-order valence-electron chi connectivity index (χ4n) is 2.59. The van der Waals surface area contributed by atoms with Crippen LogP contribution >= 0.6 is 0 Å². The van der Waals surface area contributed by atoms with Crippen molar-refractivity contribution >= 4 is 0 Å². The fourth-order valence-corrected chi connectivity index (χ4v) is 2.59. The number of likely N-dealkylation sites (N-methyl/N-ethyl adjacent to an activating group) is 1. The van der Waals surface area contributed by atoms with Crippen LogP contribution in [0.3, 0.4) is 0 Å². The highest BCUT2D eigenvalue weighted by Crippen LogP contribution is 2.40. The third-order valence-electron chi connectivity index (χ3n) is 4.07. The minimum Gasteiger partial charge on any atom is -0.394 e. The van der Waals surface area contributed by atoms with E-state index in [1.807, 2.05) is 0 Å². The topological polar surface area (TPSA) is 49.5 Å². The van der Waals surface area contributed by atoms with Gasteiger partial charge in [-0.15, -0.1) is 0 Å². The average Bonchev–Trinajstić information content (AvgIpc) is 3.03. The number of aliphatic hydroxyl groups excluding tert-OH is 1. The predicted molar refractivity (Wildman–Crippen MR) is 61.5 cm³/mol. The summed E-state index contributed by atoms with van der Waals surface area (Å²) >= 11 is 0. The largest absolute Gasteiger partial charge is 0.394 e. The summed E-state index contributed by atoms with van der Waals surface area (Å²) in [5.74, 6) is 2.33. The molecule has 2 fully saturated rings. The number of aliphatic hydroxyl groups is 1. The van der Waals surface area contributed by atoms with Crippen molar-refractivity contribution in [3.05, 3.63) is 0 Å². The molecular weight excluding hydrogens is 188 g/mol. The first-order valence-corrected chi connectivity index (χ1v) is 6.13. The summed E-state index contributed by atoms with van der Waals surface area (Å²) in [5.41, 5.74) is 5.90. The second-order valence-corrected chi connectivity index (χ2v) is 5.84. The van der Waals surface area contributed by atoms with E-state index in [1.165, 1.54) is 19.3 Å². The van der Waals surface area contributed by atoms with E-state index in [0.29, 0.717) is 5.92 Å². The quantitative estimate of drug-likeness (QED) is 0.680. The van der Waals surface area contributed by atoms with Crippen molar-refractivity contribution in [3.63, 3.8) is 0 Å². The molecule has 0 aliphatic heterocycles. The Bertz CT molecular complexity index is 230. The Morgan fingerprint density at radius 2 is 2.07 bits per heavy atom. The van der Waals surface area contributed by atoms with Crippen molar-refractivity contribution in [1.82, 2.24) is 4.90 Å². The van der Waals surface area contributed by atoms with Crippen LogP contribution in [0.4, 0.5) is 0 Å². The zero-order valence-electron chi connectivity index (χ0n) is 9.95. The van der Waals surface area contributed by atoms with Crippen LogP contribution in [0.5, 0.6) is 0 Å². The van der Waals surface area contributed by atoms with E-state index in [4.69, 9.17) is 5.73 Å². The molecular formula is C12H24N2O. The molecule has 0 amide bonds. The van der Waals surface area contributed by atoms with Crippen molar-refractivity contribution in [1.29, 1.82) is 0 Å². The van der Waals surface area contributed by atoms with E-state index in [2.05, 4.69) is 18.9 Å². The normalized spacial score (nSPS) is 34.2. The van der Waals surface area contributed by atoms with Crippen LogP contribution in [0.1, 0.15) is 26.2 Å². The Labute approximate surface area is 92.6 Å². The van der Waals surface area contributed by atoms with Gasteiger partial charge in [-0.2, -0.15) is 0 Å². The Morgan fingerprint density at radius 3 is 2.47 bits per heavy atom. The molecule has 0 aromatic carbocycles. The molecule has 3 atom stereocenters. The van der Waals surface area contributed by atoms with Gasteiger partial charge in [-0.3, -0.25) is 0 Å². The maximum absolute atomic E-state index is 9.39. The van der Waals surface area contributed by atoms with Gasteiger partial charge in [-0.25, -0.2) is 0 Å². The zero-order chi connectivity index (χ0) is 11.1. The van der Waals surface area contributed by atoms with Crippen LogP contribution < -0.4 is 5.73 Å².